The maximum Gasteiger partial charge on any atom is 0.321 e. The maximum atomic E-state index is 12.2. The third-order valence-corrected chi connectivity index (χ3v) is 5.01. The van der Waals surface area contributed by atoms with E-state index >= 15 is 0 Å². The zero-order valence-corrected chi connectivity index (χ0v) is 14.2. The van der Waals surface area contributed by atoms with Gasteiger partial charge in [-0.05, 0) is 43.4 Å². The summed E-state index contributed by atoms with van der Waals surface area (Å²) in [4.78, 5) is 26.2. The predicted octanol–water partition coefficient (Wildman–Crippen LogP) is 3.51. The number of hydrogen-bond acceptors (Lipinski definition) is 2. The summed E-state index contributed by atoms with van der Waals surface area (Å²) in [6.45, 7) is 2.19. The zero-order chi connectivity index (χ0) is 16.8. The minimum Gasteiger partial charge on any atom is -0.352 e. The van der Waals surface area contributed by atoms with Crippen molar-refractivity contribution < 1.29 is 9.59 Å². The number of anilines is 1. The maximum absolute atomic E-state index is 12.2. The van der Waals surface area contributed by atoms with Crippen LogP contribution >= 0.6 is 0 Å². The van der Waals surface area contributed by atoms with Crippen molar-refractivity contribution in [1.29, 1.82) is 0 Å². The summed E-state index contributed by atoms with van der Waals surface area (Å²) in [5.74, 6) is 0.345. The molecule has 5 nitrogen and oxygen atoms in total. The standard InChI is InChI=1S/C19H27N3O2/c23-18(16-8-2-1-3-9-16)20-14-15-7-6-10-17(13-15)21-19(24)22-11-4-5-12-22/h6-7,10,13,16H,1-5,8-9,11-12,14H2,(H,20,23)(H,21,24). The molecule has 1 aliphatic carbocycles. The number of nitrogens with one attached hydrogen (secondary N) is 2. The van der Waals surface area contributed by atoms with Crippen LogP contribution in [0.4, 0.5) is 10.5 Å². The molecule has 0 aromatic heterocycles. The van der Waals surface area contributed by atoms with Crippen LogP contribution in [-0.2, 0) is 11.3 Å². The van der Waals surface area contributed by atoms with Crippen LogP contribution < -0.4 is 10.6 Å². The second kappa shape index (κ2) is 8.18. The number of urea groups is 1. The van der Waals surface area contributed by atoms with Gasteiger partial charge < -0.3 is 15.5 Å². The summed E-state index contributed by atoms with van der Waals surface area (Å²) in [6, 6.07) is 7.69. The number of benzene rings is 1. The molecule has 1 aromatic rings. The molecule has 0 spiro atoms. The molecule has 0 atom stereocenters. The monoisotopic (exact) mass is 329 g/mol. The molecule has 0 bridgehead atoms. The first-order valence-corrected chi connectivity index (χ1v) is 9.15. The minimum absolute atomic E-state index is 0.0316. The van der Waals surface area contributed by atoms with E-state index in [2.05, 4.69) is 10.6 Å². The van der Waals surface area contributed by atoms with Gasteiger partial charge in [-0.15, -0.1) is 0 Å². The number of nitrogens with zero attached hydrogens (tertiary/aromatic N) is 1. The van der Waals surface area contributed by atoms with Crippen LogP contribution in [0.25, 0.3) is 0 Å². The van der Waals surface area contributed by atoms with E-state index in [1.165, 1.54) is 6.42 Å². The summed E-state index contributed by atoms with van der Waals surface area (Å²) in [6.07, 6.45) is 7.77. The van der Waals surface area contributed by atoms with E-state index in [1.54, 1.807) is 0 Å². The van der Waals surface area contributed by atoms with Crippen molar-refractivity contribution in [2.45, 2.75) is 51.5 Å². The lowest BCUT2D eigenvalue weighted by Crippen LogP contribution is -2.32. The number of rotatable bonds is 4. The molecule has 1 saturated carbocycles. The molecule has 2 N–H and O–H groups in total. The van der Waals surface area contributed by atoms with E-state index in [0.717, 1.165) is 62.9 Å². The number of hydrogen-bond donors (Lipinski definition) is 2. The summed E-state index contributed by atoms with van der Waals surface area (Å²) in [7, 11) is 0. The van der Waals surface area contributed by atoms with Crippen molar-refractivity contribution in [3.63, 3.8) is 0 Å². The van der Waals surface area contributed by atoms with Crippen LogP contribution in [0.3, 0.4) is 0 Å². The summed E-state index contributed by atoms with van der Waals surface area (Å²) in [5, 5.41) is 5.99. The molecular weight excluding hydrogens is 302 g/mol. The van der Waals surface area contributed by atoms with Crippen LogP contribution in [0.1, 0.15) is 50.5 Å². The third kappa shape index (κ3) is 4.49. The normalized spacial score (nSPS) is 18.4. The van der Waals surface area contributed by atoms with E-state index in [4.69, 9.17) is 0 Å². The molecule has 1 saturated heterocycles. The second-order valence-corrected chi connectivity index (χ2v) is 6.88. The van der Waals surface area contributed by atoms with Crippen molar-refractivity contribution in [1.82, 2.24) is 10.2 Å². The lowest BCUT2D eigenvalue weighted by atomic mass is 9.88. The molecule has 0 unspecified atom stereocenters. The van der Waals surface area contributed by atoms with E-state index in [-0.39, 0.29) is 17.9 Å². The number of amides is 3. The Morgan fingerprint density at radius 1 is 1.04 bits per heavy atom. The Labute approximate surface area is 143 Å². The van der Waals surface area contributed by atoms with Gasteiger partial charge in [0.1, 0.15) is 0 Å². The third-order valence-electron chi connectivity index (χ3n) is 5.01. The summed E-state index contributed by atoms with van der Waals surface area (Å²) >= 11 is 0. The molecule has 1 aromatic carbocycles. The number of carbonyl (C=O) groups excluding carboxylic acids is 2. The topological polar surface area (TPSA) is 61.4 Å². The minimum atomic E-state index is -0.0316. The Morgan fingerprint density at radius 3 is 2.54 bits per heavy atom. The lowest BCUT2D eigenvalue weighted by molar-refractivity contribution is -0.126. The van der Waals surface area contributed by atoms with Gasteiger partial charge in [0.15, 0.2) is 0 Å². The smallest absolute Gasteiger partial charge is 0.321 e. The fraction of sp³-hybridized carbons (Fsp3) is 0.579. The quantitative estimate of drug-likeness (QED) is 0.888. The molecule has 5 heteroatoms. The van der Waals surface area contributed by atoms with Gasteiger partial charge in [-0.3, -0.25) is 4.79 Å². The molecular formula is C19H27N3O2. The highest BCUT2D eigenvalue weighted by molar-refractivity contribution is 5.89. The zero-order valence-electron chi connectivity index (χ0n) is 14.2. The lowest BCUT2D eigenvalue weighted by Gasteiger charge is -2.21. The first kappa shape index (κ1) is 16.8. The van der Waals surface area contributed by atoms with Crippen molar-refractivity contribution in [3.05, 3.63) is 29.8 Å². The van der Waals surface area contributed by atoms with Gasteiger partial charge in [-0.1, -0.05) is 31.4 Å². The Balaban J connectivity index is 1.51. The van der Waals surface area contributed by atoms with Crippen molar-refractivity contribution in [2.75, 3.05) is 18.4 Å². The summed E-state index contributed by atoms with van der Waals surface area (Å²) in [5.41, 5.74) is 1.80. The molecule has 2 fully saturated rings. The fourth-order valence-corrected chi connectivity index (χ4v) is 3.58. The molecule has 0 radical (unpaired) electrons. The van der Waals surface area contributed by atoms with Crippen LogP contribution in [0.5, 0.6) is 0 Å². The average molecular weight is 329 g/mol. The van der Waals surface area contributed by atoms with Crippen LogP contribution in [0.2, 0.25) is 0 Å². The van der Waals surface area contributed by atoms with Gasteiger partial charge in [0.2, 0.25) is 5.91 Å². The van der Waals surface area contributed by atoms with E-state index in [0.29, 0.717) is 6.54 Å². The van der Waals surface area contributed by atoms with Gasteiger partial charge in [0.05, 0.1) is 0 Å². The predicted molar refractivity (Wildman–Crippen MR) is 94.7 cm³/mol. The molecule has 24 heavy (non-hydrogen) atoms. The van der Waals surface area contributed by atoms with Gasteiger partial charge in [0.25, 0.3) is 0 Å². The average Bonchev–Trinajstić information content (AvgIpc) is 3.15. The van der Waals surface area contributed by atoms with Gasteiger partial charge in [-0.25, -0.2) is 4.79 Å². The Kier molecular flexibility index (Phi) is 5.72. The van der Waals surface area contributed by atoms with Crippen LogP contribution in [0, 0.1) is 5.92 Å². The fourth-order valence-electron chi connectivity index (χ4n) is 3.58. The highest BCUT2D eigenvalue weighted by atomic mass is 16.2. The largest absolute Gasteiger partial charge is 0.352 e. The Bertz CT molecular complexity index is 576. The van der Waals surface area contributed by atoms with Crippen molar-refractivity contribution in [3.8, 4) is 0 Å². The van der Waals surface area contributed by atoms with E-state index < -0.39 is 0 Å². The number of likely N-dealkylation sites (tertiary alicyclic amines) is 1. The highest BCUT2D eigenvalue weighted by Crippen LogP contribution is 2.23. The van der Waals surface area contributed by atoms with Gasteiger partial charge in [0, 0.05) is 31.2 Å². The van der Waals surface area contributed by atoms with Crippen molar-refractivity contribution >= 4 is 17.6 Å². The Morgan fingerprint density at radius 2 is 1.79 bits per heavy atom. The van der Waals surface area contributed by atoms with Crippen LogP contribution in [0.15, 0.2) is 24.3 Å². The second-order valence-electron chi connectivity index (χ2n) is 6.88. The Hall–Kier alpha value is -2.04. The molecule has 1 heterocycles. The summed E-state index contributed by atoms with van der Waals surface area (Å²) < 4.78 is 0. The van der Waals surface area contributed by atoms with Crippen molar-refractivity contribution in [2.24, 2.45) is 5.92 Å². The molecule has 2 aliphatic rings. The van der Waals surface area contributed by atoms with E-state index in [1.807, 2.05) is 29.2 Å². The van der Waals surface area contributed by atoms with Gasteiger partial charge in [-0.2, -0.15) is 0 Å². The molecule has 3 rings (SSSR count). The molecule has 3 amide bonds. The first-order valence-electron chi connectivity index (χ1n) is 9.15. The SMILES string of the molecule is O=C(NCc1cccc(NC(=O)N2CCCC2)c1)C1CCCCC1. The molecule has 1 aliphatic heterocycles. The van der Waals surface area contributed by atoms with E-state index in [9.17, 15) is 9.59 Å². The molecule has 130 valence electrons. The first-order chi connectivity index (χ1) is 11.7. The van der Waals surface area contributed by atoms with Crippen LogP contribution in [-0.4, -0.2) is 29.9 Å². The van der Waals surface area contributed by atoms with Gasteiger partial charge >= 0.3 is 6.03 Å². The number of carbonyl (C=O) groups is 2. The highest BCUT2D eigenvalue weighted by Gasteiger charge is 2.21.